The lowest BCUT2D eigenvalue weighted by atomic mass is 9.97. The normalized spacial score (nSPS) is 25.2. The average molecular weight is 263 g/mol. The molecule has 0 aliphatic carbocycles. The summed E-state index contributed by atoms with van der Waals surface area (Å²) in [7, 11) is 1.66. The molecular weight excluding hydrogens is 242 g/mol. The largest absolute Gasteiger partial charge is 0.497 e. The molecule has 1 aromatic carbocycles. The van der Waals surface area contributed by atoms with Gasteiger partial charge in [-0.25, -0.2) is 0 Å². The summed E-state index contributed by atoms with van der Waals surface area (Å²) in [6, 6.07) is 7.96. The van der Waals surface area contributed by atoms with E-state index in [2.05, 4.69) is 24.0 Å². The van der Waals surface area contributed by atoms with Crippen molar-refractivity contribution in [1.29, 1.82) is 0 Å². The highest BCUT2D eigenvalue weighted by Crippen LogP contribution is 2.33. The molecule has 3 atom stereocenters. The quantitative estimate of drug-likeness (QED) is 0.906. The number of ether oxygens (including phenoxy) is 1. The number of rotatable bonds is 4. The SMILES string of the molecule is COc1ccc([C@@H]2C[C@@H](C)N([C@H](C)C(=O)O)C2)cc1. The van der Waals surface area contributed by atoms with Crippen molar-refractivity contribution in [3.63, 3.8) is 0 Å². The number of hydrogen-bond donors (Lipinski definition) is 1. The molecule has 1 heterocycles. The van der Waals surface area contributed by atoms with Crippen LogP contribution in [0.5, 0.6) is 5.75 Å². The van der Waals surface area contributed by atoms with Crippen LogP contribution >= 0.6 is 0 Å². The van der Waals surface area contributed by atoms with Gasteiger partial charge in [-0.1, -0.05) is 12.1 Å². The van der Waals surface area contributed by atoms with Crippen LogP contribution in [-0.2, 0) is 4.79 Å². The zero-order chi connectivity index (χ0) is 14.0. The fourth-order valence-electron chi connectivity index (χ4n) is 2.86. The molecule has 0 bridgehead atoms. The Bertz CT molecular complexity index is 443. The van der Waals surface area contributed by atoms with Gasteiger partial charge in [-0.05, 0) is 43.9 Å². The van der Waals surface area contributed by atoms with Crippen LogP contribution in [0.4, 0.5) is 0 Å². The van der Waals surface area contributed by atoms with Gasteiger partial charge in [0, 0.05) is 12.6 Å². The van der Waals surface area contributed by atoms with Crippen molar-refractivity contribution in [3.8, 4) is 5.75 Å². The summed E-state index contributed by atoms with van der Waals surface area (Å²) >= 11 is 0. The second-order valence-electron chi connectivity index (χ2n) is 5.27. The van der Waals surface area contributed by atoms with Gasteiger partial charge in [0.05, 0.1) is 7.11 Å². The van der Waals surface area contributed by atoms with Crippen LogP contribution in [0.2, 0.25) is 0 Å². The Morgan fingerprint density at radius 3 is 2.58 bits per heavy atom. The van der Waals surface area contributed by atoms with Crippen molar-refractivity contribution < 1.29 is 14.6 Å². The first-order valence-corrected chi connectivity index (χ1v) is 6.65. The maximum atomic E-state index is 11.1. The molecule has 0 aromatic heterocycles. The monoisotopic (exact) mass is 263 g/mol. The Morgan fingerprint density at radius 2 is 2.05 bits per heavy atom. The number of aliphatic carboxylic acids is 1. The number of benzene rings is 1. The standard InChI is InChI=1S/C15H21NO3/c1-10-8-13(9-16(10)11(2)15(17)18)12-4-6-14(19-3)7-5-12/h4-7,10-11,13H,8-9H2,1-3H3,(H,17,18)/t10-,11-,13-/m1/s1. The van der Waals surface area contributed by atoms with E-state index in [4.69, 9.17) is 9.84 Å². The summed E-state index contributed by atoms with van der Waals surface area (Å²) in [4.78, 5) is 13.2. The van der Waals surface area contributed by atoms with Crippen LogP contribution in [0.3, 0.4) is 0 Å². The van der Waals surface area contributed by atoms with Crippen molar-refractivity contribution in [3.05, 3.63) is 29.8 Å². The number of carbonyl (C=O) groups is 1. The maximum Gasteiger partial charge on any atom is 0.320 e. The van der Waals surface area contributed by atoms with Gasteiger partial charge >= 0.3 is 5.97 Å². The highest BCUT2D eigenvalue weighted by atomic mass is 16.5. The van der Waals surface area contributed by atoms with Gasteiger partial charge in [-0.3, -0.25) is 9.69 Å². The Hall–Kier alpha value is -1.55. The Balaban J connectivity index is 2.09. The van der Waals surface area contributed by atoms with Crippen molar-refractivity contribution in [2.45, 2.75) is 38.3 Å². The van der Waals surface area contributed by atoms with E-state index in [0.717, 1.165) is 18.7 Å². The number of carboxylic acid groups (broad SMARTS) is 1. The van der Waals surface area contributed by atoms with Gasteiger partial charge in [0.1, 0.15) is 11.8 Å². The van der Waals surface area contributed by atoms with Gasteiger partial charge in [0.15, 0.2) is 0 Å². The van der Waals surface area contributed by atoms with E-state index >= 15 is 0 Å². The van der Waals surface area contributed by atoms with Crippen molar-refractivity contribution in [2.24, 2.45) is 0 Å². The molecule has 1 aromatic rings. The Kier molecular flexibility index (Phi) is 4.10. The summed E-state index contributed by atoms with van der Waals surface area (Å²) in [6.07, 6.45) is 1.00. The van der Waals surface area contributed by atoms with E-state index in [1.165, 1.54) is 5.56 Å². The highest BCUT2D eigenvalue weighted by molar-refractivity contribution is 5.73. The third-order valence-electron chi connectivity index (χ3n) is 4.07. The molecule has 4 nitrogen and oxygen atoms in total. The van der Waals surface area contributed by atoms with Gasteiger partial charge in [0.2, 0.25) is 0 Å². The molecule has 4 heteroatoms. The summed E-state index contributed by atoms with van der Waals surface area (Å²) in [5.41, 5.74) is 1.26. The molecule has 1 N–H and O–H groups in total. The van der Waals surface area contributed by atoms with Crippen molar-refractivity contribution in [2.75, 3.05) is 13.7 Å². The highest BCUT2D eigenvalue weighted by Gasteiger charge is 2.35. The average Bonchev–Trinajstić information content (AvgIpc) is 2.80. The number of hydrogen-bond acceptors (Lipinski definition) is 3. The summed E-state index contributed by atoms with van der Waals surface area (Å²) in [5, 5.41) is 9.13. The van der Waals surface area contributed by atoms with E-state index in [1.54, 1.807) is 14.0 Å². The molecular formula is C15H21NO3. The number of methoxy groups -OCH3 is 1. The Morgan fingerprint density at radius 1 is 1.42 bits per heavy atom. The second-order valence-corrected chi connectivity index (χ2v) is 5.27. The predicted molar refractivity (Wildman–Crippen MR) is 73.6 cm³/mol. The van der Waals surface area contributed by atoms with Crippen LogP contribution < -0.4 is 4.74 Å². The molecule has 0 spiro atoms. The first-order valence-electron chi connectivity index (χ1n) is 6.65. The smallest absolute Gasteiger partial charge is 0.320 e. The molecule has 19 heavy (non-hydrogen) atoms. The molecule has 1 aliphatic rings. The molecule has 0 amide bonds. The topological polar surface area (TPSA) is 49.8 Å². The van der Waals surface area contributed by atoms with E-state index in [9.17, 15) is 4.79 Å². The minimum Gasteiger partial charge on any atom is -0.497 e. The zero-order valence-electron chi connectivity index (χ0n) is 11.7. The number of carboxylic acids is 1. The minimum atomic E-state index is -0.748. The lowest BCUT2D eigenvalue weighted by molar-refractivity contribution is -0.142. The number of likely N-dealkylation sites (tertiary alicyclic amines) is 1. The fourth-order valence-corrected chi connectivity index (χ4v) is 2.86. The van der Waals surface area contributed by atoms with Crippen LogP contribution in [-0.4, -0.2) is 41.7 Å². The van der Waals surface area contributed by atoms with Gasteiger partial charge in [-0.15, -0.1) is 0 Å². The minimum absolute atomic E-state index is 0.304. The summed E-state index contributed by atoms with van der Waals surface area (Å²) < 4.78 is 5.16. The van der Waals surface area contributed by atoms with Crippen LogP contribution in [0.1, 0.15) is 31.7 Å². The first-order chi connectivity index (χ1) is 9.02. The molecule has 0 radical (unpaired) electrons. The third-order valence-corrected chi connectivity index (χ3v) is 4.07. The van der Waals surface area contributed by atoms with Crippen molar-refractivity contribution >= 4 is 5.97 Å². The van der Waals surface area contributed by atoms with Crippen LogP contribution in [0, 0.1) is 0 Å². The summed E-state index contributed by atoms with van der Waals surface area (Å²) in [6.45, 7) is 4.67. The third kappa shape index (κ3) is 2.89. The predicted octanol–water partition coefficient (Wildman–Crippen LogP) is 2.35. The molecule has 1 fully saturated rings. The van der Waals surface area contributed by atoms with E-state index in [0.29, 0.717) is 12.0 Å². The fraction of sp³-hybridized carbons (Fsp3) is 0.533. The van der Waals surface area contributed by atoms with E-state index < -0.39 is 12.0 Å². The summed E-state index contributed by atoms with van der Waals surface area (Å²) in [5.74, 6) is 0.510. The van der Waals surface area contributed by atoms with E-state index in [1.807, 2.05) is 12.1 Å². The van der Waals surface area contributed by atoms with Gasteiger partial charge < -0.3 is 9.84 Å². The molecule has 0 unspecified atom stereocenters. The molecule has 0 saturated carbocycles. The molecule has 104 valence electrons. The van der Waals surface area contributed by atoms with Crippen LogP contribution in [0.15, 0.2) is 24.3 Å². The maximum absolute atomic E-state index is 11.1. The van der Waals surface area contributed by atoms with Crippen LogP contribution in [0.25, 0.3) is 0 Å². The zero-order valence-corrected chi connectivity index (χ0v) is 11.7. The first kappa shape index (κ1) is 13.9. The van der Waals surface area contributed by atoms with Gasteiger partial charge in [-0.2, -0.15) is 0 Å². The second kappa shape index (κ2) is 5.61. The van der Waals surface area contributed by atoms with Crippen molar-refractivity contribution in [1.82, 2.24) is 4.90 Å². The van der Waals surface area contributed by atoms with E-state index in [-0.39, 0.29) is 0 Å². The number of nitrogens with zero attached hydrogens (tertiary/aromatic N) is 1. The lowest BCUT2D eigenvalue weighted by Crippen LogP contribution is -2.41. The van der Waals surface area contributed by atoms with Gasteiger partial charge in [0.25, 0.3) is 0 Å². The Labute approximate surface area is 114 Å². The molecule has 2 rings (SSSR count). The molecule has 1 aliphatic heterocycles. The molecule has 1 saturated heterocycles. The lowest BCUT2D eigenvalue weighted by Gasteiger charge is -2.25.